The van der Waals surface area contributed by atoms with Crippen molar-refractivity contribution in [2.24, 2.45) is 7.05 Å². The maximum absolute atomic E-state index is 13.4. The highest BCUT2D eigenvalue weighted by Gasteiger charge is 2.40. The fourth-order valence-corrected chi connectivity index (χ4v) is 3.27. The van der Waals surface area contributed by atoms with Crippen molar-refractivity contribution in [1.29, 1.82) is 0 Å². The zero-order chi connectivity index (χ0) is 22.8. The normalized spacial score (nSPS) is 11.3. The third-order valence-corrected chi connectivity index (χ3v) is 4.76. The Kier molecular flexibility index (Phi) is 6.14. The number of carbonyl (C=O) groups excluding carboxylic acids is 2. The number of alkyl halides is 3. The number of nitrogens with one attached hydrogen (secondary N) is 2. The lowest BCUT2D eigenvalue weighted by Gasteiger charge is -2.13. The van der Waals surface area contributed by atoms with Crippen LogP contribution in [-0.2, 0) is 19.8 Å². The first-order valence-corrected chi connectivity index (χ1v) is 9.43. The molecule has 3 aromatic rings. The molecule has 0 saturated carbocycles. The first kappa shape index (κ1) is 22.1. The van der Waals surface area contributed by atoms with E-state index in [-0.39, 0.29) is 17.3 Å². The molecule has 0 aliphatic carbocycles. The van der Waals surface area contributed by atoms with Gasteiger partial charge in [-0.15, -0.1) is 0 Å². The molecule has 0 radical (unpaired) electrons. The second kappa shape index (κ2) is 8.63. The van der Waals surface area contributed by atoms with E-state index in [4.69, 9.17) is 0 Å². The molecule has 6 nitrogen and oxygen atoms in total. The molecule has 1 heterocycles. The predicted octanol–water partition coefficient (Wildman–Crippen LogP) is 4.24. The van der Waals surface area contributed by atoms with Crippen molar-refractivity contribution in [3.63, 3.8) is 0 Å². The fourth-order valence-electron chi connectivity index (χ4n) is 3.27. The summed E-state index contributed by atoms with van der Waals surface area (Å²) in [5.41, 5.74) is 0.129. The Hall–Kier alpha value is -3.62. The summed E-state index contributed by atoms with van der Waals surface area (Å²) in [5.74, 6) is -1.32. The van der Waals surface area contributed by atoms with Crippen LogP contribution in [0.3, 0.4) is 0 Å². The monoisotopic (exact) mass is 430 g/mol. The lowest BCUT2D eigenvalue weighted by atomic mass is 10.1. The van der Waals surface area contributed by atoms with Crippen molar-refractivity contribution in [2.75, 3.05) is 5.32 Å². The third-order valence-electron chi connectivity index (χ3n) is 4.76. The summed E-state index contributed by atoms with van der Waals surface area (Å²) in [5, 5.41) is 8.96. The first-order valence-electron chi connectivity index (χ1n) is 9.43. The molecule has 2 N–H and O–H groups in total. The Balaban J connectivity index is 1.81. The van der Waals surface area contributed by atoms with Crippen LogP contribution in [0.15, 0.2) is 48.5 Å². The number of aryl methyl sites for hydroxylation is 3. The topological polar surface area (TPSA) is 76.0 Å². The molecule has 0 atom stereocenters. The summed E-state index contributed by atoms with van der Waals surface area (Å²) in [6, 6.07) is 13.9. The van der Waals surface area contributed by atoms with Gasteiger partial charge in [0.25, 0.3) is 11.8 Å². The fraction of sp³-hybridized carbons (Fsp3) is 0.227. The van der Waals surface area contributed by atoms with Gasteiger partial charge >= 0.3 is 6.18 Å². The van der Waals surface area contributed by atoms with Crippen molar-refractivity contribution in [1.82, 2.24) is 15.1 Å². The van der Waals surface area contributed by atoms with Gasteiger partial charge in [0.15, 0.2) is 0 Å². The number of hydrogen-bond donors (Lipinski definition) is 2. The second-order valence-corrected chi connectivity index (χ2v) is 7.08. The Bertz CT molecular complexity index is 1120. The molecule has 0 saturated heterocycles. The van der Waals surface area contributed by atoms with E-state index in [1.54, 1.807) is 13.0 Å². The number of rotatable bonds is 5. The van der Waals surface area contributed by atoms with Crippen LogP contribution in [0.25, 0.3) is 0 Å². The standard InChI is InChI=1S/C22H21F3N4O2/c1-13-9-10-16(11-17(13)20(30)26-12-15-7-5-4-6-8-15)27-21(31)19-18(22(23,24)25)14(2)28-29(19)3/h4-11H,12H2,1-3H3,(H,26,30)(H,27,31). The summed E-state index contributed by atoms with van der Waals surface area (Å²) in [6.07, 6.45) is -4.72. The minimum absolute atomic E-state index is 0.201. The highest BCUT2D eigenvalue weighted by Crippen LogP contribution is 2.34. The maximum atomic E-state index is 13.4. The van der Waals surface area contributed by atoms with E-state index in [2.05, 4.69) is 15.7 Å². The molecule has 162 valence electrons. The molecule has 0 fully saturated rings. The maximum Gasteiger partial charge on any atom is 0.420 e. The first-order chi connectivity index (χ1) is 14.6. The van der Waals surface area contributed by atoms with Crippen molar-refractivity contribution in [3.05, 3.63) is 82.2 Å². The van der Waals surface area contributed by atoms with Crippen molar-refractivity contribution >= 4 is 17.5 Å². The molecule has 3 rings (SSSR count). The van der Waals surface area contributed by atoms with Gasteiger partial charge in [0, 0.05) is 24.8 Å². The van der Waals surface area contributed by atoms with Crippen molar-refractivity contribution < 1.29 is 22.8 Å². The van der Waals surface area contributed by atoms with Crippen LogP contribution >= 0.6 is 0 Å². The summed E-state index contributed by atoms with van der Waals surface area (Å²) in [7, 11) is 1.27. The van der Waals surface area contributed by atoms with Crippen molar-refractivity contribution in [2.45, 2.75) is 26.6 Å². The summed E-state index contributed by atoms with van der Waals surface area (Å²) in [6.45, 7) is 3.24. The van der Waals surface area contributed by atoms with Crippen LogP contribution in [0.2, 0.25) is 0 Å². The Morgan fingerprint density at radius 3 is 2.35 bits per heavy atom. The number of aromatic nitrogens is 2. The second-order valence-electron chi connectivity index (χ2n) is 7.08. The minimum Gasteiger partial charge on any atom is -0.348 e. The van der Waals surface area contributed by atoms with Gasteiger partial charge in [-0.05, 0) is 37.1 Å². The highest BCUT2D eigenvalue weighted by molar-refractivity contribution is 6.05. The van der Waals surface area contributed by atoms with Gasteiger partial charge in [-0.2, -0.15) is 18.3 Å². The van der Waals surface area contributed by atoms with Gasteiger partial charge in [0.05, 0.1) is 5.69 Å². The summed E-state index contributed by atoms with van der Waals surface area (Å²) in [4.78, 5) is 25.2. The summed E-state index contributed by atoms with van der Waals surface area (Å²) < 4.78 is 41.0. The molecule has 0 aliphatic rings. The van der Waals surface area contributed by atoms with Gasteiger partial charge in [0.1, 0.15) is 11.3 Å². The zero-order valence-corrected chi connectivity index (χ0v) is 17.2. The molecule has 2 amide bonds. The number of halogens is 3. The van der Waals surface area contributed by atoms with Crippen LogP contribution < -0.4 is 10.6 Å². The molecule has 0 bridgehead atoms. The van der Waals surface area contributed by atoms with Crippen LogP contribution in [0.4, 0.5) is 18.9 Å². The van der Waals surface area contributed by atoms with Gasteiger partial charge in [-0.25, -0.2) is 0 Å². The van der Waals surface area contributed by atoms with Crippen LogP contribution in [-0.4, -0.2) is 21.6 Å². The molecule has 0 spiro atoms. The van der Waals surface area contributed by atoms with E-state index in [0.29, 0.717) is 17.7 Å². The molecule has 0 unspecified atom stereocenters. The lowest BCUT2D eigenvalue weighted by molar-refractivity contribution is -0.138. The third kappa shape index (κ3) is 4.93. The Morgan fingerprint density at radius 2 is 1.71 bits per heavy atom. The predicted molar refractivity (Wildman–Crippen MR) is 110 cm³/mol. The zero-order valence-electron chi connectivity index (χ0n) is 17.2. The van der Waals surface area contributed by atoms with Gasteiger partial charge in [-0.1, -0.05) is 36.4 Å². The van der Waals surface area contributed by atoms with E-state index in [1.807, 2.05) is 30.3 Å². The van der Waals surface area contributed by atoms with E-state index in [1.165, 1.54) is 26.1 Å². The Morgan fingerprint density at radius 1 is 1.03 bits per heavy atom. The minimum atomic E-state index is -4.72. The quantitative estimate of drug-likeness (QED) is 0.636. The molecule has 2 aromatic carbocycles. The SMILES string of the molecule is Cc1ccc(NC(=O)c2c(C(F)(F)F)c(C)nn2C)cc1C(=O)NCc1ccccc1. The van der Waals surface area contributed by atoms with Crippen LogP contribution in [0.1, 0.15) is 43.2 Å². The molecular formula is C22H21F3N4O2. The number of anilines is 1. The average molecular weight is 430 g/mol. The van der Waals surface area contributed by atoms with Crippen LogP contribution in [0, 0.1) is 13.8 Å². The number of hydrogen-bond acceptors (Lipinski definition) is 3. The van der Waals surface area contributed by atoms with Crippen LogP contribution in [0.5, 0.6) is 0 Å². The average Bonchev–Trinajstić information content (AvgIpc) is 3.02. The number of carbonyl (C=O) groups is 2. The van der Waals surface area contributed by atoms with Crippen molar-refractivity contribution in [3.8, 4) is 0 Å². The van der Waals surface area contributed by atoms with Gasteiger partial charge < -0.3 is 10.6 Å². The number of benzene rings is 2. The molecule has 31 heavy (non-hydrogen) atoms. The Labute approximate surface area is 177 Å². The number of amides is 2. The van der Waals surface area contributed by atoms with E-state index >= 15 is 0 Å². The number of nitrogens with zero attached hydrogens (tertiary/aromatic N) is 2. The van der Waals surface area contributed by atoms with Gasteiger partial charge in [0.2, 0.25) is 0 Å². The molecule has 1 aromatic heterocycles. The highest BCUT2D eigenvalue weighted by atomic mass is 19.4. The van der Waals surface area contributed by atoms with E-state index in [9.17, 15) is 22.8 Å². The lowest BCUT2D eigenvalue weighted by Crippen LogP contribution is -2.24. The van der Waals surface area contributed by atoms with E-state index in [0.717, 1.165) is 10.2 Å². The smallest absolute Gasteiger partial charge is 0.348 e. The molecular weight excluding hydrogens is 409 g/mol. The largest absolute Gasteiger partial charge is 0.420 e. The summed E-state index contributed by atoms with van der Waals surface area (Å²) >= 11 is 0. The molecule has 9 heteroatoms. The molecule has 0 aliphatic heterocycles. The van der Waals surface area contributed by atoms with E-state index < -0.39 is 23.3 Å². The van der Waals surface area contributed by atoms with Gasteiger partial charge in [-0.3, -0.25) is 14.3 Å².